The molecule has 2 aromatic rings. The minimum Gasteiger partial charge on any atom is -0.380 e. The van der Waals surface area contributed by atoms with Gasteiger partial charge < -0.3 is 10.1 Å². The van der Waals surface area contributed by atoms with Gasteiger partial charge in [0.15, 0.2) is 11.0 Å². The molecule has 0 amide bonds. The minimum absolute atomic E-state index is 0.452. The first-order valence-electron chi connectivity index (χ1n) is 6.42. The second-order valence-electron chi connectivity index (χ2n) is 4.64. The summed E-state index contributed by atoms with van der Waals surface area (Å²) in [4.78, 5) is 0. The Morgan fingerprint density at radius 3 is 2.50 bits per heavy atom. The van der Waals surface area contributed by atoms with Crippen molar-refractivity contribution in [3.05, 3.63) is 51.7 Å². The molecule has 1 heterocycles. The fourth-order valence-electron chi connectivity index (χ4n) is 1.95. The Morgan fingerprint density at radius 1 is 1.10 bits per heavy atom. The van der Waals surface area contributed by atoms with E-state index in [-0.39, 0.29) is 0 Å². The van der Waals surface area contributed by atoms with E-state index in [1.165, 1.54) is 11.1 Å². The molecule has 0 aliphatic carbocycles. The third-order valence-electron chi connectivity index (χ3n) is 3.33. The van der Waals surface area contributed by atoms with E-state index in [2.05, 4.69) is 27.6 Å². The Labute approximate surface area is 124 Å². The topological polar surface area (TPSA) is 47.0 Å². The predicted octanol–water partition coefficient (Wildman–Crippen LogP) is 3.51. The summed E-state index contributed by atoms with van der Waals surface area (Å²) in [6.45, 7) is 5.20. The van der Waals surface area contributed by atoms with Crippen molar-refractivity contribution in [2.45, 2.75) is 27.0 Å². The highest BCUT2D eigenvalue weighted by Gasteiger charge is 2.08. The molecule has 20 heavy (non-hydrogen) atoms. The average Bonchev–Trinajstić information content (AvgIpc) is 2.46. The smallest absolute Gasteiger partial charge is 0.155 e. The number of benzene rings is 1. The molecular formula is C15H18ClN3O. The summed E-state index contributed by atoms with van der Waals surface area (Å²) < 4.78 is 5.21. The minimum atomic E-state index is 0.452. The quantitative estimate of drug-likeness (QED) is 0.916. The van der Waals surface area contributed by atoms with Crippen molar-refractivity contribution in [2.24, 2.45) is 0 Å². The first-order chi connectivity index (χ1) is 9.63. The lowest BCUT2D eigenvalue weighted by atomic mass is 10.1. The molecule has 106 valence electrons. The Hall–Kier alpha value is -1.65. The third kappa shape index (κ3) is 3.26. The van der Waals surface area contributed by atoms with Gasteiger partial charge in [-0.1, -0.05) is 35.9 Å². The zero-order valence-electron chi connectivity index (χ0n) is 11.9. The lowest BCUT2D eigenvalue weighted by Gasteiger charge is -2.12. The lowest BCUT2D eigenvalue weighted by Crippen LogP contribution is -2.08. The van der Waals surface area contributed by atoms with Gasteiger partial charge in [-0.15, -0.1) is 10.2 Å². The van der Waals surface area contributed by atoms with Crippen LogP contribution in [0.4, 0.5) is 5.82 Å². The zero-order valence-corrected chi connectivity index (χ0v) is 12.7. The van der Waals surface area contributed by atoms with Crippen molar-refractivity contribution in [2.75, 3.05) is 12.4 Å². The first kappa shape index (κ1) is 14.8. The number of halogens is 1. The highest BCUT2D eigenvalue weighted by atomic mass is 35.5. The number of rotatable bonds is 5. The Bertz CT molecular complexity index is 602. The third-order valence-corrected chi connectivity index (χ3v) is 3.69. The van der Waals surface area contributed by atoms with Gasteiger partial charge in [-0.2, -0.15) is 0 Å². The molecule has 1 N–H and O–H groups in total. The SMILES string of the molecule is COCc1ccccc1CNc1nnc(Cl)c(C)c1C. The van der Waals surface area contributed by atoms with E-state index >= 15 is 0 Å². The van der Waals surface area contributed by atoms with Crippen LogP contribution in [0.3, 0.4) is 0 Å². The molecule has 0 fully saturated rings. The van der Waals surface area contributed by atoms with Gasteiger partial charge in [0, 0.05) is 13.7 Å². The van der Waals surface area contributed by atoms with E-state index in [1.54, 1.807) is 7.11 Å². The molecule has 0 bridgehead atoms. The van der Waals surface area contributed by atoms with E-state index in [0.29, 0.717) is 18.3 Å². The van der Waals surface area contributed by atoms with Gasteiger partial charge in [0.25, 0.3) is 0 Å². The number of ether oxygens (including phenoxy) is 1. The van der Waals surface area contributed by atoms with Crippen LogP contribution >= 0.6 is 11.6 Å². The summed E-state index contributed by atoms with van der Waals surface area (Å²) in [5.41, 5.74) is 4.32. The maximum absolute atomic E-state index is 5.95. The second-order valence-corrected chi connectivity index (χ2v) is 5.00. The largest absolute Gasteiger partial charge is 0.380 e. The van der Waals surface area contributed by atoms with Crippen molar-refractivity contribution >= 4 is 17.4 Å². The lowest BCUT2D eigenvalue weighted by molar-refractivity contribution is 0.184. The van der Waals surface area contributed by atoms with Gasteiger partial charge in [-0.05, 0) is 36.1 Å². The molecule has 0 saturated heterocycles. The van der Waals surface area contributed by atoms with Gasteiger partial charge in [0.1, 0.15) is 0 Å². The van der Waals surface area contributed by atoms with Crippen LogP contribution in [0.25, 0.3) is 0 Å². The number of nitrogens with zero attached hydrogens (tertiary/aromatic N) is 2. The number of nitrogens with one attached hydrogen (secondary N) is 1. The summed E-state index contributed by atoms with van der Waals surface area (Å²) in [7, 11) is 1.70. The van der Waals surface area contributed by atoms with Crippen LogP contribution in [0.5, 0.6) is 0 Å². The average molecular weight is 292 g/mol. The maximum Gasteiger partial charge on any atom is 0.155 e. The molecule has 2 rings (SSSR count). The van der Waals surface area contributed by atoms with Crippen molar-refractivity contribution in [3.8, 4) is 0 Å². The number of aromatic nitrogens is 2. The molecule has 0 aliphatic heterocycles. The van der Waals surface area contributed by atoms with Gasteiger partial charge in [-0.25, -0.2) is 0 Å². The van der Waals surface area contributed by atoms with Crippen molar-refractivity contribution < 1.29 is 4.74 Å². The van der Waals surface area contributed by atoms with E-state index in [1.807, 2.05) is 26.0 Å². The maximum atomic E-state index is 5.95. The van der Waals surface area contributed by atoms with Crippen LogP contribution in [0.2, 0.25) is 5.15 Å². The molecule has 0 spiro atoms. The number of anilines is 1. The van der Waals surface area contributed by atoms with E-state index in [0.717, 1.165) is 16.9 Å². The van der Waals surface area contributed by atoms with Crippen LogP contribution in [0.1, 0.15) is 22.3 Å². The van der Waals surface area contributed by atoms with Crippen molar-refractivity contribution in [1.29, 1.82) is 0 Å². The molecule has 0 aliphatic rings. The second kappa shape index (κ2) is 6.68. The van der Waals surface area contributed by atoms with Crippen molar-refractivity contribution in [1.82, 2.24) is 10.2 Å². The van der Waals surface area contributed by atoms with Crippen LogP contribution in [-0.4, -0.2) is 17.3 Å². The normalized spacial score (nSPS) is 10.6. The zero-order chi connectivity index (χ0) is 14.5. The molecule has 0 atom stereocenters. The van der Waals surface area contributed by atoms with Gasteiger partial charge >= 0.3 is 0 Å². The Morgan fingerprint density at radius 2 is 1.80 bits per heavy atom. The highest BCUT2D eigenvalue weighted by molar-refractivity contribution is 6.30. The van der Waals surface area contributed by atoms with Crippen LogP contribution in [-0.2, 0) is 17.9 Å². The van der Waals surface area contributed by atoms with Crippen LogP contribution in [0.15, 0.2) is 24.3 Å². The van der Waals surface area contributed by atoms with Gasteiger partial charge in [0.05, 0.1) is 6.61 Å². The molecule has 0 unspecified atom stereocenters. The molecule has 1 aromatic heterocycles. The fraction of sp³-hybridized carbons (Fsp3) is 0.333. The molecular weight excluding hydrogens is 274 g/mol. The molecule has 1 aromatic carbocycles. The van der Waals surface area contributed by atoms with E-state index < -0.39 is 0 Å². The Kier molecular flexibility index (Phi) is 4.93. The highest BCUT2D eigenvalue weighted by Crippen LogP contribution is 2.21. The monoisotopic (exact) mass is 291 g/mol. The number of methoxy groups -OCH3 is 1. The van der Waals surface area contributed by atoms with Gasteiger partial charge in [0.2, 0.25) is 0 Å². The number of hydrogen-bond donors (Lipinski definition) is 1. The molecule has 0 saturated carbocycles. The Balaban J connectivity index is 2.15. The molecule has 4 nitrogen and oxygen atoms in total. The summed E-state index contributed by atoms with van der Waals surface area (Å²) in [5.74, 6) is 0.763. The summed E-state index contributed by atoms with van der Waals surface area (Å²) in [6, 6.07) is 8.16. The summed E-state index contributed by atoms with van der Waals surface area (Å²) in [5, 5.41) is 11.8. The molecule has 0 radical (unpaired) electrons. The summed E-state index contributed by atoms with van der Waals surface area (Å²) >= 11 is 5.95. The summed E-state index contributed by atoms with van der Waals surface area (Å²) in [6.07, 6.45) is 0. The first-order valence-corrected chi connectivity index (χ1v) is 6.80. The van der Waals surface area contributed by atoms with Crippen LogP contribution in [0, 0.1) is 13.8 Å². The van der Waals surface area contributed by atoms with Crippen LogP contribution < -0.4 is 5.32 Å². The van der Waals surface area contributed by atoms with Gasteiger partial charge in [-0.3, -0.25) is 0 Å². The molecule has 5 heteroatoms. The van der Waals surface area contributed by atoms with E-state index in [4.69, 9.17) is 16.3 Å². The van der Waals surface area contributed by atoms with E-state index in [9.17, 15) is 0 Å². The fourth-order valence-corrected chi connectivity index (χ4v) is 2.13. The number of hydrogen-bond acceptors (Lipinski definition) is 4. The van der Waals surface area contributed by atoms with Crippen molar-refractivity contribution in [3.63, 3.8) is 0 Å². The predicted molar refractivity (Wildman–Crippen MR) is 81.0 cm³/mol. The standard InChI is InChI=1S/C15H18ClN3O/c1-10-11(2)15(19-18-14(10)16)17-8-12-6-4-5-7-13(12)9-20-3/h4-7H,8-9H2,1-3H3,(H,17,19).